The molecular formula is C27H32BrClN2O5S. The van der Waals surface area contributed by atoms with Crippen molar-refractivity contribution in [3.8, 4) is 0 Å². The molecule has 1 spiro atoms. The van der Waals surface area contributed by atoms with Gasteiger partial charge >= 0.3 is 5.97 Å². The number of unbranched alkanes of at least 4 members (excludes halogenated alkanes) is 1. The van der Waals surface area contributed by atoms with E-state index in [0.717, 1.165) is 12.0 Å². The largest absolute Gasteiger partial charge is 0.465 e. The monoisotopic (exact) mass is 610 g/mol. The molecule has 10 heteroatoms. The van der Waals surface area contributed by atoms with E-state index in [9.17, 15) is 19.5 Å². The van der Waals surface area contributed by atoms with Crippen LogP contribution in [0.25, 0.3) is 0 Å². The van der Waals surface area contributed by atoms with Crippen molar-refractivity contribution in [3.05, 3.63) is 54.1 Å². The lowest BCUT2D eigenvalue weighted by atomic mass is 9.71. The summed E-state index contributed by atoms with van der Waals surface area (Å²) < 4.78 is 4.76. The number of aryl methyl sites for hydroxylation is 1. The molecule has 1 N–H and O–H groups in total. The van der Waals surface area contributed by atoms with E-state index in [4.69, 9.17) is 16.3 Å². The number of halogens is 2. The van der Waals surface area contributed by atoms with Gasteiger partial charge in [0.15, 0.2) is 0 Å². The van der Waals surface area contributed by atoms with Gasteiger partial charge in [0.05, 0.1) is 40.5 Å². The van der Waals surface area contributed by atoms with Crippen molar-refractivity contribution in [2.45, 2.75) is 47.1 Å². The molecule has 3 fully saturated rings. The molecule has 3 saturated heterocycles. The number of carbonyl (C=O) groups excluding carboxylic acids is 3. The fourth-order valence-corrected chi connectivity index (χ4v) is 9.97. The number of hydrogen-bond acceptors (Lipinski definition) is 6. The number of amides is 2. The van der Waals surface area contributed by atoms with Gasteiger partial charge in [-0.15, -0.1) is 24.9 Å². The van der Waals surface area contributed by atoms with E-state index in [1.807, 2.05) is 19.1 Å². The van der Waals surface area contributed by atoms with Crippen LogP contribution < -0.4 is 4.90 Å². The van der Waals surface area contributed by atoms with Crippen LogP contribution in [0.2, 0.25) is 5.02 Å². The van der Waals surface area contributed by atoms with Crippen molar-refractivity contribution < 1.29 is 24.2 Å². The first kappa shape index (κ1) is 28.2. The summed E-state index contributed by atoms with van der Waals surface area (Å²) in [6, 6.07) is 4.54. The summed E-state index contributed by atoms with van der Waals surface area (Å²) in [7, 11) is 0. The lowest BCUT2D eigenvalue weighted by molar-refractivity contribution is -0.154. The molecule has 0 aromatic heterocycles. The SMILES string of the molecule is C=CCCCOC(=O)[C@H]1[C@H]2C(=O)N(CCO)C(C(=O)N(CC=C)c3c(C)cccc3Cl)C23CC(Br)[C@@H]1S3. The van der Waals surface area contributed by atoms with Crippen LogP contribution in [0.3, 0.4) is 0 Å². The van der Waals surface area contributed by atoms with Gasteiger partial charge < -0.3 is 19.6 Å². The molecule has 1 aromatic carbocycles. The van der Waals surface area contributed by atoms with E-state index in [-0.39, 0.29) is 48.2 Å². The number of anilines is 1. The molecule has 3 aliphatic heterocycles. The van der Waals surface area contributed by atoms with Crippen LogP contribution in [0.1, 0.15) is 24.8 Å². The van der Waals surface area contributed by atoms with Crippen LogP contribution >= 0.6 is 39.3 Å². The number of esters is 1. The normalized spacial score (nSPS) is 29.8. The van der Waals surface area contributed by atoms with Crippen LogP contribution in [0, 0.1) is 18.8 Å². The number of alkyl halides is 1. The second-order valence-electron chi connectivity index (χ2n) is 9.66. The molecule has 37 heavy (non-hydrogen) atoms. The zero-order valence-corrected chi connectivity index (χ0v) is 23.9. The highest BCUT2D eigenvalue weighted by atomic mass is 79.9. The number of allylic oxidation sites excluding steroid dienone is 1. The molecule has 0 radical (unpaired) electrons. The molecule has 0 aliphatic carbocycles. The average molecular weight is 612 g/mol. The maximum Gasteiger partial charge on any atom is 0.310 e. The minimum atomic E-state index is -0.874. The van der Waals surface area contributed by atoms with Gasteiger partial charge in [0.25, 0.3) is 5.91 Å². The predicted octanol–water partition coefficient (Wildman–Crippen LogP) is 4.13. The fraction of sp³-hybridized carbons (Fsp3) is 0.519. The van der Waals surface area contributed by atoms with E-state index in [0.29, 0.717) is 23.6 Å². The molecule has 2 amide bonds. The van der Waals surface area contributed by atoms with Crippen molar-refractivity contribution in [1.29, 1.82) is 0 Å². The van der Waals surface area contributed by atoms with Crippen molar-refractivity contribution in [1.82, 2.24) is 4.90 Å². The Hall–Kier alpha value is -1.81. The highest BCUT2D eigenvalue weighted by Crippen LogP contribution is 2.68. The highest BCUT2D eigenvalue weighted by Gasteiger charge is 2.76. The Bertz CT molecular complexity index is 1080. The molecule has 7 nitrogen and oxygen atoms in total. The molecule has 4 rings (SSSR count). The van der Waals surface area contributed by atoms with Crippen molar-refractivity contribution in [2.75, 3.05) is 31.2 Å². The number of fused-ring (bicyclic) bond motifs is 1. The second-order valence-corrected chi connectivity index (χ2v) is 12.8. The van der Waals surface area contributed by atoms with Crippen molar-refractivity contribution in [2.24, 2.45) is 11.8 Å². The van der Waals surface area contributed by atoms with Gasteiger partial charge in [-0.05, 0) is 37.8 Å². The number of nitrogens with zero attached hydrogens (tertiary/aromatic N) is 2. The van der Waals surface area contributed by atoms with E-state index in [1.54, 1.807) is 23.1 Å². The topological polar surface area (TPSA) is 87.1 Å². The second kappa shape index (κ2) is 11.5. The number of carbonyl (C=O) groups is 3. The number of benzene rings is 1. The molecule has 3 aliphatic rings. The van der Waals surface area contributed by atoms with Crippen LogP contribution in [0.4, 0.5) is 5.69 Å². The van der Waals surface area contributed by atoms with Crippen LogP contribution in [0.15, 0.2) is 43.5 Å². The van der Waals surface area contributed by atoms with Gasteiger partial charge in [-0.1, -0.05) is 51.8 Å². The molecule has 6 atom stereocenters. The number of rotatable bonds is 11. The van der Waals surface area contributed by atoms with E-state index >= 15 is 0 Å². The van der Waals surface area contributed by atoms with Crippen LogP contribution in [-0.2, 0) is 19.1 Å². The zero-order valence-electron chi connectivity index (χ0n) is 20.8. The maximum absolute atomic E-state index is 14.4. The first-order valence-electron chi connectivity index (χ1n) is 12.4. The Morgan fingerprint density at radius 2 is 2.14 bits per heavy atom. The third-order valence-corrected chi connectivity index (χ3v) is 11.0. The summed E-state index contributed by atoms with van der Waals surface area (Å²) >= 11 is 11.8. The van der Waals surface area contributed by atoms with Crippen molar-refractivity contribution in [3.63, 3.8) is 0 Å². The van der Waals surface area contributed by atoms with Gasteiger partial charge in [0.1, 0.15) is 6.04 Å². The van der Waals surface area contributed by atoms with Gasteiger partial charge in [-0.25, -0.2) is 0 Å². The Morgan fingerprint density at radius 3 is 2.78 bits per heavy atom. The number of thioether (sulfide) groups is 1. The predicted molar refractivity (Wildman–Crippen MR) is 150 cm³/mol. The number of β-amino-alcohol motifs (C(OH)–C–C–N with tert-alkyl or cyclic N) is 1. The average Bonchev–Trinajstić information content (AvgIpc) is 3.44. The lowest BCUT2D eigenvalue weighted by Crippen LogP contribution is -2.56. The standard InChI is InChI=1S/C27H32BrClN2O5S/c1-4-6-7-14-36-26(35)19-20-24(33)31(12-13-32)23(27(20)15-17(28)22(19)37-27)25(34)30(11-5-2)21-16(3)9-8-10-18(21)29/h4-5,8-10,17,19-20,22-23,32H,1-2,6-7,11-15H2,3H3/t17?,19-,20-,22-,23?,27?/m0/s1. The van der Waals surface area contributed by atoms with Gasteiger partial charge in [0, 0.05) is 23.2 Å². The molecule has 0 saturated carbocycles. The Labute approximate surface area is 235 Å². The number of aliphatic hydroxyl groups is 1. The summed E-state index contributed by atoms with van der Waals surface area (Å²) in [6.07, 6.45) is 5.32. The minimum Gasteiger partial charge on any atom is -0.465 e. The Kier molecular flexibility index (Phi) is 8.78. The number of ether oxygens (including phenoxy) is 1. The summed E-state index contributed by atoms with van der Waals surface area (Å²) in [6.45, 7) is 9.54. The summed E-state index contributed by atoms with van der Waals surface area (Å²) in [5.41, 5.74) is 1.38. The minimum absolute atomic E-state index is 0.00377. The zero-order chi connectivity index (χ0) is 26.9. The molecular weight excluding hydrogens is 580 g/mol. The van der Waals surface area contributed by atoms with Crippen LogP contribution in [-0.4, -0.2) is 75.0 Å². The van der Waals surface area contributed by atoms with Crippen molar-refractivity contribution >= 4 is 62.8 Å². The number of likely N-dealkylation sites (tertiary alicyclic amines) is 1. The Morgan fingerprint density at radius 1 is 1.38 bits per heavy atom. The molecule has 1 aromatic rings. The van der Waals surface area contributed by atoms with E-state index < -0.39 is 28.6 Å². The third kappa shape index (κ3) is 4.77. The molecule has 2 bridgehead atoms. The number of aliphatic hydroxyl groups excluding tert-OH is 1. The number of hydrogen-bond donors (Lipinski definition) is 1. The third-order valence-electron chi connectivity index (χ3n) is 7.47. The van der Waals surface area contributed by atoms with Gasteiger partial charge in [0.2, 0.25) is 5.91 Å². The highest BCUT2D eigenvalue weighted by molar-refractivity contribution is 9.09. The molecule has 3 unspecified atom stereocenters. The number of para-hydroxylation sites is 1. The fourth-order valence-electron chi connectivity index (χ4n) is 6.06. The quantitative estimate of drug-likeness (QED) is 0.175. The van der Waals surface area contributed by atoms with Gasteiger partial charge in [-0.3, -0.25) is 14.4 Å². The first-order valence-corrected chi connectivity index (χ1v) is 14.6. The van der Waals surface area contributed by atoms with Gasteiger partial charge in [-0.2, -0.15) is 0 Å². The lowest BCUT2D eigenvalue weighted by Gasteiger charge is -2.38. The first-order chi connectivity index (χ1) is 17.7. The van der Waals surface area contributed by atoms with E-state index in [1.165, 1.54) is 16.7 Å². The molecule has 200 valence electrons. The summed E-state index contributed by atoms with van der Waals surface area (Å²) in [5, 5.41) is 10.1. The van der Waals surface area contributed by atoms with E-state index in [2.05, 4.69) is 29.1 Å². The maximum atomic E-state index is 14.4. The summed E-state index contributed by atoms with van der Waals surface area (Å²) in [4.78, 5) is 44.5. The molecule has 3 heterocycles. The Balaban J connectivity index is 1.74. The van der Waals surface area contributed by atoms with Crippen LogP contribution in [0.5, 0.6) is 0 Å². The summed E-state index contributed by atoms with van der Waals surface area (Å²) in [5.74, 6) is -2.37. The smallest absolute Gasteiger partial charge is 0.310 e.